The maximum absolute atomic E-state index is 17.4. The molecular formula is C68H42F20N4O. The first-order valence-electron chi connectivity index (χ1n) is 27.9. The first-order chi connectivity index (χ1) is 43.5. The number of nitrogens with one attached hydrogen (secondary N) is 2. The van der Waals surface area contributed by atoms with Crippen LogP contribution in [0.5, 0.6) is 0 Å². The molecule has 12 bridgehead atoms. The molecule has 0 fully saturated rings. The second-order valence-corrected chi connectivity index (χ2v) is 24.6. The Balaban J connectivity index is 1.36. The molecule has 2 N–H and O–H groups in total. The van der Waals surface area contributed by atoms with Gasteiger partial charge in [-0.2, -0.15) is 0 Å². The SMILES string of the molecule is CC1(C)C2=C/C3=C(\c4c(F)c(F)c(F)c(F)c4F)c4ccc([nH]4)C(C)(C)c4ccc(cc4)C(C)(C)C4=C/C(=C(\c5c(F)c(F)c(F)c(F)c5F)c5ccc([nH]5)C(C)(C)c5ccc1cc5)N=C4C(c1c(F)c(F)c(F)c(F)c1F)OC(c1c(F)c(F)c(F)c(F)c1F)C2=N3. The lowest BCUT2D eigenvalue weighted by atomic mass is 9.72. The number of halogens is 20. The Morgan fingerprint density at radius 3 is 0.806 bits per heavy atom. The van der Waals surface area contributed by atoms with E-state index in [0.29, 0.717) is 11.1 Å². The van der Waals surface area contributed by atoms with Crippen molar-refractivity contribution in [3.05, 3.63) is 291 Å². The fourth-order valence-corrected chi connectivity index (χ4v) is 12.4. The van der Waals surface area contributed by atoms with Crippen LogP contribution in [0.3, 0.4) is 0 Å². The molecule has 2 unspecified atom stereocenters. The second kappa shape index (κ2) is 21.7. The summed E-state index contributed by atoms with van der Waals surface area (Å²) >= 11 is 0. The summed E-state index contributed by atoms with van der Waals surface area (Å²) in [6.07, 6.45) is -5.23. The lowest BCUT2D eigenvalue weighted by Gasteiger charge is -2.35. The number of aromatic nitrogens is 2. The summed E-state index contributed by atoms with van der Waals surface area (Å²) in [6.45, 7) is 11.6. The molecule has 0 aliphatic carbocycles. The van der Waals surface area contributed by atoms with E-state index in [9.17, 15) is 0 Å². The van der Waals surface area contributed by atoms with Crippen molar-refractivity contribution in [1.29, 1.82) is 0 Å². The van der Waals surface area contributed by atoms with Crippen LogP contribution in [0.25, 0.3) is 11.1 Å². The van der Waals surface area contributed by atoms with Gasteiger partial charge in [0.15, 0.2) is 93.1 Å². The molecule has 2 aromatic heterocycles. The molecule has 6 aliphatic rings. The normalized spacial score (nSPS) is 20.3. The Morgan fingerprint density at radius 1 is 0.301 bits per heavy atom. The summed E-state index contributed by atoms with van der Waals surface area (Å²) in [5, 5.41) is 0. The molecule has 0 saturated heterocycles. The molecule has 14 rings (SSSR count). The van der Waals surface area contributed by atoms with Crippen molar-refractivity contribution < 1.29 is 92.5 Å². The highest BCUT2D eigenvalue weighted by Gasteiger charge is 2.49. The smallest absolute Gasteiger partial charge is 0.200 e. The summed E-state index contributed by atoms with van der Waals surface area (Å²) in [4.78, 5) is 14.8. The third-order valence-electron chi connectivity index (χ3n) is 18.1. The van der Waals surface area contributed by atoms with E-state index in [-0.39, 0.29) is 22.5 Å². The zero-order valence-corrected chi connectivity index (χ0v) is 49.1. The number of ether oxygens (including phenoxy) is 1. The van der Waals surface area contributed by atoms with Gasteiger partial charge in [0.2, 0.25) is 23.3 Å². The molecule has 6 aromatic carbocycles. The minimum atomic E-state index is -3.43. The number of fused-ring (bicyclic) bond motifs is 4. The Hall–Kier alpha value is -9.26. The molecule has 0 amide bonds. The van der Waals surface area contributed by atoms with Crippen LogP contribution in [0.15, 0.2) is 117 Å². The Morgan fingerprint density at radius 2 is 0.538 bits per heavy atom. The van der Waals surface area contributed by atoms with Crippen LogP contribution in [0, 0.1) is 116 Å². The van der Waals surface area contributed by atoms with Crippen LogP contribution in [0.1, 0.15) is 135 Å². The number of H-pyrrole nitrogens is 2. The molecule has 0 radical (unpaired) electrons. The number of rotatable bonds is 4. The molecule has 8 heterocycles. The van der Waals surface area contributed by atoms with Crippen molar-refractivity contribution in [3.63, 3.8) is 0 Å². The molecule has 2 atom stereocenters. The van der Waals surface area contributed by atoms with Gasteiger partial charge in [-0.1, -0.05) is 104 Å². The highest BCUT2D eigenvalue weighted by Crippen LogP contribution is 2.52. The van der Waals surface area contributed by atoms with Crippen molar-refractivity contribution in [2.75, 3.05) is 0 Å². The topological polar surface area (TPSA) is 65.5 Å². The first kappa shape index (κ1) is 63.9. The van der Waals surface area contributed by atoms with E-state index in [0.717, 1.165) is 24.3 Å². The molecule has 8 aromatic rings. The molecule has 6 aliphatic heterocycles. The fraction of sp³-hybridized carbons (Fsp3) is 0.206. The fourth-order valence-electron chi connectivity index (χ4n) is 12.4. The van der Waals surface area contributed by atoms with Gasteiger partial charge in [-0.05, 0) is 69.8 Å². The lowest BCUT2D eigenvalue weighted by molar-refractivity contribution is 0.0524. The van der Waals surface area contributed by atoms with Gasteiger partial charge in [-0.15, -0.1) is 0 Å². The van der Waals surface area contributed by atoms with E-state index in [2.05, 4.69) is 20.0 Å². The number of hydrogen-bond acceptors (Lipinski definition) is 3. The molecular weight excluding hydrogens is 1270 g/mol. The minimum absolute atomic E-state index is 0.0425. The van der Waals surface area contributed by atoms with Crippen molar-refractivity contribution >= 4 is 22.6 Å². The Labute approximate surface area is 513 Å². The highest BCUT2D eigenvalue weighted by molar-refractivity contribution is 6.13. The quantitative estimate of drug-likeness (QED) is 0.103. The van der Waals surface area contributed by atoms with Crippen LogP contribution in [-0.4, -0.2) is 21.4 Å². The minimum Gasteiger partial charge on any atom is -0.358 e. The third kappa shape index (κ3) is 9.31. The van der Waals surface area contributed by atoms with Gasteiger partial charge in [0, 0.05) is 55.6 Å². The lowest BCUT2D eigenvalue weighted by Crippen LogP contribution is -2.35. The third-order valence-corrected chi connectivity index (χ3v) is 18.1. The van der Waals surface area contributed by atoms with Crippen molar-refractivity contribution in [1.82, 2.24) is 9.97 Å². The number of allylic oxidation sites excluding steroid dienone is 2. The number of benzene rings is 6. The maximum atomic E-state index is 17.4. The monoisotopic (exact) mass is 1310 g/mol. The molecule has 5 nitrogen and oxygen atoms in total. The van der Waals surface area contributed by atoms with E-state index in [1.165, 1.54) is 88.4 Å². The van der Waals surface area contributed by atoms with Crippen LogP contribution in [0.4, 0.5) is 87.8 Å². The van der Waals surface area contributed by atoms with Crippen LogP contribution >= 0.6 is 0 Å². The summed E-state index contributed by atoms with van der Waals surface area (Å²) in [7, 11) is 0. The molecule has 93 heavy (non-hydrogen) atoms. The van der Waals surface area contributed by atoms with E-state index in [1.807, 2.05) is 0 Å². The van der Waals surface area contributed by atoms with Gasteiger partial charge in [0.25, 0.3) is 0 Å². The molecule has 0 saturated carbocycles. The average molecular weight is 1310 g/mol. The summed E-state index contributed by atoms with van der Waals surface area (Å²) < 4.78 is 332. The predicted molar refractivity (Wildman–Crippen MR) is 299 cm³/mol. The Bertz CT molecular complexity index is 4410. The van der Waals surface area contributed by atoms with Crippen molar-refractivity contribution in [3.8, 4) is 0 Å². The number of nitrogens with zero attached hydrogens (tertiary/aromatic N) is 2. The highest BCUT2D eigenvalue weighted by atomic mass is 19.2. The predicted octanol–water partition coefficient (Wildman–Crippen LogP) is 18.8. The van der Waals surface area contributed by atoms with Crippen LogP contribution < -0.4 is 0 Å². The zero-order valence-electron chi connectivity index (χ0n) is 49.1. The largest absolute Gasteiger partial charge is 0.358 e. The molecule has 0 spiro atoms. The van der Waals surface area contributed by atoms with Crippen LogP contribution in [0.2, 0.25) is 0 Å². The van der Waals surface area contributed by atoms with E-state index in [4.69, 9.17) is 4.74 Å². The average Bonchev–Trinajstić information content (AvgIpc) is 1.64. The van der Waals surface area contributed by atoms with E-state index < -0.39 is 229 Å². The van der Waals surface area contributed by atoms with Gasteiger partial charge in [0.05, 0.1) is 45.1 Å². The van der Waals surface area contributed by atoms with E-state index >= 15 is 87.8 Å². The van der Waals surface area contributed by atoms with Gasteiger partial charge in [-0.3, -0.25) is 0 Å². The molecule has 480 valence electrons. The standard InChI is InChI=1S/C68H42F20N4O/c1-65(2)23-9-13-25(14-10-23)67(5,6)33-20-18-30(90-33)36(38-43(71)51(79)58(86)52(80)44(38)72)32-22-28-62(92-32)64(40-47(75)55(83)60(88)56(84)48(40)76)93-63(39-45(73)53(81)59(87)54(82)46(39)74)61-27(65)21-31(91-61)35(37-41(69)49(77)57(85)50(78)42(37)70)29-17-19-34(89-29)68(7,8)26-15-11-24(12-16-26)66(28,3)4/h9-22,63-64,89-90H,1-8H3/b35-31+,36-32+. The zero-order chi connectivity index (χ0) is 67.7. The van der Waals surface area contributed by atoms with E-state index in [1.54, 1.807) is 27.7 Å². The number of aliphatic imine (C=N–C) groups is 2. The van der Waals surface area contributed by atoms with Crippen molar-refractivity contribution in [2.24, 2.45) is 9.98 Å². The van der Waals surface area contributed by atoms with Crippen molar-refractivity contribution in [2.45, 2.75) is 89.3 Å². The number of aromatic amines is 2. The Kier molecular flexibility index (Phi) is 14.9. The van der Waals surface area contributed by atoms with Gasteiger partial charge >= 0.3 is 0 Å². The van der Waals surface area contributed by atoms with Gasteiger partial charge < -0.3 is 14.7 Å². The first-order valence-corrected chi connectivity index (χ1v) is 27.9. The van der Waals surface area contributed by atoms with Crippen LogP contribution in [-0.2, 0) is 26.4 Å². The number of hydrogen-bond donors (Lipinski definition) is 2. The second-order valence-electron chi connectivity index (χ2n) is 24.6. The summed E-state index contributed by atoms with van der Waals surface area (Å²) in [6, 6.07) is 16.2. The summed E-state index contributed by atoms with van der Waals surface area (Å²) in [5.41, 5.74) is -22.6. The maximum Gasteiger partial charge on any atom is 0.200 e. The van der Waals surface area contributed by atoms with Gasteiger partial charge in [0.1, 0.15) is 12.2 Å². The summed E-state index contributed by atoms with van der Waals surface area (Å²) in [5.74, 6) is -53.9. The van der Waals surface area contributed by atoms with Gasteiger partial charge in [-0.25, -0.2) is 97.8 Å². The molecule has 25 heteroatoms.